The largest absolute Gasteiger partial charge is 0.495 e. The molecule has 0 bridgehead atoms. The number of ether oxygens (including phenoxy) is 1. The Bertz CT molecular complexity index is 613. The fraction of sp³-hybridized carbons (Fsp3) is 0.400. The van der Waals surface area contributed by atoms with Crippen LogP contribution in [0.15, 0.2) is 18.3 Å². The molecule has 0 spiro atoms. The van der Waals surface area contributed by atoms with Gasteiger partial charge in [-0.15, -0.1) is 0 Å². The van der Waals surface area contributed by atoms with Crippen LogP contribution in [-0.4, -0.2) is 22.8 Å². The van der Waals surface area contributed by atoms with Gasteiger partial charge in [-0.1, -0.05) is 6.07 Å². The van der Waals surface area contributed by atoms with Gasteiger partial charge in [0.25, 0.3) is 0 Å². The van der Waals surface area contributed by atoms with Crippen molar-refractivity contribution in [2.75, 3.05) is 7.11 Å². The molecule has 0 unspecified atom stereocenters. The van der Waals surface area contributed by atoms with Crippen LogP contribution in [0.2, 0.25) is 0 Å². The molecule has 0 saturated heterocycles. The molecule has 1 aromatic heterocycles. The van der Waals surface area contributed by atoms with E-state index in [1.54, 1.807) is 7.11 Å². The molecular formula is C15H19NO3. The lowest BCUT2D eigenvalue weighted by molar-refractivity contribution is -0.137. The second kappa shape index (κ2) is 5.34. The molecule has 0 saturated carbocycles. The van der Waals surface area contributed by atoms with Crippen molar-refractivity contribution in [3.63, 3.8) is 0 Å². The van der Waals surface area contributed by atoms with E-state index in [1.165, 1.54) is 16.5 Å². The number of fused-ring (bicyclic) bond motifs is 1. The van der Waals surface area contributed by atoms with E-state index >= 15 is 0 Å². The van der Waals surface area contributed by atoms with E-state index in [0.29, 0.717) is 6.42 Å². The van der Waals surface area contributed by atoms with Crippen LogP contribution in [0.1, 0.15) is 24.0 Å². The standard InChI is InChI=1S/C15H19NO3/c1-10-7-8-12(19-3)15-14(10)11(9-16(15)2)5-4-6-13(17)18/h7-9H,4-6H2,1-3H3,(H,17,18). The van der Waals surface area contributed by atoms with E-state index < -0.39 is 5.97 Å². The van der Waals surface area contributed by atoms with Crippen LogP contribution in [0.25, 0.3) is 10.9 Å². The van der Waals surface area contributed by atoms with Crippen LogP contribution in [0.4, 0.5) is 0 Å². The Hall–Kier alpha value is -1.97. The second-order valence-electron chi connectivity index (χ2n) is 4.82. The molecule has 1 heterocycles. The maximum atomic E-state index is 10.6. The lowest BCUT2D eigenvalue weighted by Gasteiger charge is -2.07. The second-order valence-corrected chi connectivity index (χ2v) is 4.82. The van der Waals surface area contributed by atoms with Crippen LogP contribution >= 0.6 is 0 Å². The minimum atomic E-state index is -0.741. The third-order valence-electron chi connectivity index (χ3n) is 3.43. The molecule has 4 heteroatoms. The van der Waals surface area contributed by atoms with E-state index in [1.807, 2.05) is 19.2 Å². The van der Waals surface area contributed by atoms with E-state index in [0.717, 1.165) is 17.7 Å². The fourth-order valence-electron chi connectivity index (χ4n) is 2.58. The number of carbonyl (C=O) groups is 1. The molecule has 0 aliphatic carbocycles. The lowest BCUT2D eigenvalue weighted by Crippen LogP contribution is -1.95. The van der Waals surface area contributed by atoms with E-state index in [4.69, 9.17) is 9.84 Å². The maximum Gasteiger partial charge on any atom is 0.303 e. The van der Waals surface area contributed by atoms with Gasteiger partial charge < -0.3 is 14.4 Å². The Morgan fingerprint density at radius 2 is 2.16 bits per heavy atom. The smallest absolute Gasteiger partial charge is 0.303 e. The first-order chi connectivity index (χ1) is 9.04. The number of benzene rings is 1. The van der Waals surface area contributed by atoms with Crippen LogP contribution in [0.5, 0.6) is 5.75 Å². The molecule has 1 N–H and O–H groups in total. The summed E-state index contributed by atoms with van der Waals surface area (Å²) in [4.78, 5) is 10.6. The minimum Gasteiger partial charge on any atom is -0.495 e. The van der Waals surface area contributed by atoms with Crippen LogP contribution in [0, 0.1) is 6.92 Å². The average Bonchev–Trinajstić information content (AvgIpc) is 2.68. The molecule has 4 nitrogen and oxygen atoms in total. The van der Waals surface area contributed by atoms with Crippen LogP contribution in [-0.2, 0) is 18.3 Å². The summed E-state index contributed by atoms with van der Waals surface area (Å²) in [7, 11) is 3.66. The summed E-state index contributed by atoms with van der Waals surface area (Å²) in [5, 5.41) is 9.91. The molecule has 0 atom stereocenters. The predicted molar refractivity (Wildman–Crippen MR) is 74.8 cm³/mol. The highest BCUT2D eigenvalue weighted by atomic mass is 16.5. The first-order valence-electron chi connectivity index (χ1n) is 6.38. The van der Waals surface area contributed by atoms with Gasteiger partial charge in [0, 0.05) is 25.1 Å². The van der Waals surface area contributed by atoms with Gasteiger partial charge in [-0.3, -0.25) is 4.79 Å². The normalized spacial score (nSPS) is 10.9. The van der Waals surface area contributed by atoms with Crippen LogP contribution < -0.4 is 4.74 Å². The van der Waals surface area contributed by atoms with Crippen molar-refractivity contribution in [2.24, 2.45) is 7.05 Å². The molecule has 0 amide bonds. The summed E-state index contributed by atoms with van der Waals surface area (Å²) in [5.74, 6) is 0.113. The number of aryl methyl sites for hydroxylation is 3. The van der Waals surface area contributed by atoms with Crippen molar-refractivity contribution in [3.8, 4) is 5.75 Å². The molecule has 19 heavy (non-hydrogen) atoms. The highest BCUT2D eigenvalue weighted by molar-refractivity contribution is 5.92. The van der Waals surface area contributed by atoms with Crippen molar-refractivity contribution < 1.29 is 14.6 Å². The predicted octanol–water partition coefficient (Wildman–Crippen LogP) is 2.90. The number of rotatable bonds is 5. The number of methoxy groups -OCH3 is 1. The Kier molecular flexibility index (Phi) is 3.79. The molecular weight excluding hydrogens is 242 g/mol. The van der Waals surface area contributed by atoms with Gasteiger partial charge in [-0.05, 0) is 37.0 Å². The quantitative estimate of drug-likeness (QED) is 0.900. The Labute approximate surface area is 112 Å². The van der Waals surface area contributed by atoms with E-state index in [-0.39, 0.29) is 6.42 Å². The molecule has 2 aromatic rings. The number of hydrogen-bond acceptors (Lipinski definition) is 2. The summed E-state index contributed by atoms with van der Waals surface area (Å²) >= 11 is 0. The summed E-state index contributed by atoms with van der Waals surface area (Å²) in [6, 6.07) is 4.01. The van der Waals surface area contributed by atoms with Gasteiger partial charge >= 0.3 is 5.97 Å². The van der Waals surface area contributed by atoms with Crippen molar-refractivity contribution in [1.82, 2.24) is 4.57 Å². The van der Waals surface area contributed by atoms with Crippen molar-refractivity contribution >= 4 is 16.9 Å². The van der Waals surface area contributed by atoms with Crippen molar-refractivity contribution in [3.05, 3.63) is 29.5 Å². The highest BCUT2D eigenvalue weighted by Crippen LogP contribution is 2.32. The number of aromatic nitrogens is 1. The molecule has 0 fully saturated rings. The fourth-order valence-corrected chi connectivity index (χ4v) is 2.58. The number of carboxylic acid groups (broad SMARTS) is 1. The monoisotopic (exact) mass is 261 g/mol. The minimum absolute atomic E-state index is 0.208. The number of aliphatic carboxylic acids is 1. The van der Waals surface area contributed by atoms with E-state index in [2.05, 4.69) is 17.7 Å². The summed E-state index contributed by atoms with van der Waals surface area (Å²) < 4.78 is 7.46. The number of carboxylic acids is 1. The Balaban J connectivity index is 2.42. The molecule has 0 aliphatic rings. The van der Waals surface area contributed by atoms with Crippen molar-refractivity contribution in [1.29, 1.82) is 0 Å². The topological polar surface area (TPSA) is 51.5 Å². The average molecular weight is 261 g/mol. The Morgan fingerprint density at radius 3 is 2.79 bits per heavy atom. The maximum absolute atomic E-state index is 10.6. The van der Waals surface area contributed by atoms with Crippen LogP contribution in [0.3, 0.4) is 0 Å². The molecule has 2 rings (SSSR count). The first kappa shape index (κ1) is 13.5. The van der Waals surface area contributed by atoms with Gasteiger partial charge in [0.05, 0.1) is 12.6 Å². The Morgan fingerprint density at radius 1 is 1.42 bits per heavy atom. The zero-order chi connectivity index (χ0) is 14.0. The zero-order valence-corrected chi connectivity index (χ0v) is 11.6. The molecule has 0 radical (unpaired) electrons. The van der Waals surface area contributed by atoms with Gasteiger partial charge in [-0.25, -0.2) is 0 Å². The van der Waals surface area contributed by atoms with Gasteiger partial charge in [-0.2, -0.15) is 0 Å². The number of nitrogens with zero attached hydrogens (tertiary/aromatic N) is 1. The summed E-state index contributed by atoms with van der Waals surface area (Å²) in [6.07, 6.45) is 3.71. The summed E-state index contributed by atoms with van der Waals surface area (Å²) in [6.45, 7) is 2.07. The summed E-state index contributed by atoms with van der Waals surface area (Å²) in [5.41, 5.74) is 3.46. The highest BCUT2D eigenvalue weighted by Gasteiger charge is 2.13. The molecule has 1 aromatic carbocycles. The van der Waals surface area contributed by atoms with Crippen molar-refractivity contribution in [2.45, 2.75) is 26.2 Å². The third kappa shape index (κ3) is 2.57. The molecule has 102 valence electrons. The zero-order valence-electron chi connectivity index (χ0n) is 11.6. The van der Waals surface area contributed by atoms with Gasteiger partial charge in [0.15, 0.2) is 0 Å². The van der Waals surface area contributed by atoms with Gasteiger partial charge in [0.1, 0.15) is 5.75 Å². The van der Waals surface area contributed by atoms with E-state index in [9.17, 15) is 4.79 Å². The van der Waals surface area contributed by atoms with Gasteiger partial charge in [0.2, 0.25) is 0 Å². The number of hydrogen-bond donors (Lipinski definition) is 1. The SMILES string of the molecule is COc1ccc(C)c2c(CCCC(=O)O)cn(C)c12. The molecule has 0 aliphatic heterocycles. The lowest BCUT2D eigenvalue weighted by atomic mass is 10.0. The first-order valence-corrected chi connectivity index (χ1v) is 6.38. The third-order valence-corrected chi connectivity index (χ3v) is 3.43.